The van der Waals surface area contributed by atoms with E-state index in [1.807, 2.05) is 36.4 Å². The Morgan fingerprint density at radius 2 is 1.71 bits per heavy atom. The fourth-order valence-electron chi connectivity index (χ4n) is 2.79. The summed E-state index contributed by atoms with van der Waals surface area (Å²) < 4.78 is 12.5. The topological polar surface area (TPSA) is 42.9 Å². The molecule has 0 spiro atoms. The Morgan fingerprint density at radius 3 is 2.50 bits per heavy atom. The summed E-state index contributed by atoms with van der Waals surface area (Å²) in [4.78, 5) is 9.97. The first-order chi connectivity index (χ1) is 11.6. The molecule has 6 heteroatoms. The minimum Gasteiger partial charge on any atom is -0.254 e. The van der Waals surface area contributed by atoms with Crippen LogP contribution in [0.5, 0.6) is 0 Å². The first kappa shape index (κ1) is 15.8. The molecule has 0 aliphatic carbocycles. The van der Waals surface area contributed by atoms with Gasteiger partial charge in [-0.2, -0.15) is 0 Å². The monoisotopic (exact) mass is 374 g/mol. The summed E-state index contributed by atoms with van der Waals surface area (Å²) in [6.07, 6.45) is 0.594. The molecule has 0 radical (unpaired) electrons. The molecule has 1 unspecified atom stereocenters. The molecule has 1 aromatic heterocycles. The number of nitrogens with zero attached hydrogens (tertiary/aromatic N) is 2. The van der Waals surface area contributed by atoms with Gasteiger partial charge in [0, 0.05) is 32.4 Å². The van der Waals surface area contributed by atoms with E-state index in [1.54, 1.807) is 12.1 Å². The van der Waals surface area contributed by atoms with E-state index in [0.717, 1.165) is 27.3 Å². The number of hydrogen-bond acceptors (Lipinski definition) is 3. The third-order valence-electron chi connectivity index (χ3n) is 3.98. The van der Waals surface area contributed by atoms with Crippen molar-refractivity contribution in [2.24, 2.45) is 0 Å². The average Bonchev–Trinajstić information content (AvgIpc) is 2.74. The zero-order valence-corrected chi connectivity index (χ0v) is 14.8. The van der Waals surface area contributed by atoms with Crippen LogP contribution in [-0.4, -0.2) is 19.9 Å². The van der Waals surface area contributed by atoms with Crippen molar-refractivity contribution in [3.05, 3.63) is 64.3 Å². The van der Waals surface area contributed by atoms with Gasteiger partial charge in [0.05, 0.1) is 16.5 Å². The molecule has 2 heterocycles. The van der Waals surface area contributed by atoms with Gasteiger partial charge in [-0.3, -0.25) is 4.21 Å². The van der Waals surface area contributed by atoms with Crippen LogP contribution in [0.15, 0.2) is 53.4 Å². The molecule has 4 rings (SSSR count). The highest BCUT2D eigenvalue weighted by Crippen LogP contribution is 2.35. The number of fused-ring (bicyclic) bond motifs is 3. The van der Waals surface area contributed by atoms with Crippen molar-refractivity contribution in [3.8, 4) is 22.6 Å². The molecule has 2 aromatic carbocycles. The Balaban J connectivity index is 1.96. The Labute approximate surface area is 152 Å². The molecule has 1 aliphatic heterocycles. The van der Waals surface area contributed by atoms with Gasteiger partial charge in [-0.1, -0.05) is 41.4 Å². The van der Waals surface area contributed by atoms with Crippen molar-refractivity contribution in [1.82, 2.24) is 9.97 Å². The van der Waals surface area contributed by atoms with Gasteiger partial charge in [-0.15, -0.1) is 0 Å². The van der Waals surface area contributed by atoms with Crippen molar-refractivity contribution < 1.29 is 4.21 Å². The van der Waals surface area contributed by atoms with Crippen molar-refractivity contribution in [1.29, 1.82) is 0 Å². The van der Waals surface area contributed by atoms with Crippen LogP contribution in [0.1, 0.15) is 5.56 Å². The Hall–Kier alpha value is -1.75. The van der Waals surface area contributed by atoms with E-state index in [4.69, 9.17) is 28.2 Å². The summed E-state index contributed by atoms with van der Waals surface area (Å²) in [7, 11) is -1.07. The number of rotatable bonds is 1. The summed E-state index contributed by atoms with van der Waals surface area (Å²) >= 11 is 12.4. The van der Waals surface area contributed by atoms with Gasteiger partial charge < -0.3 is 0 Å². The Kier molecular flexibility index (Phi) is 4.12. The zero-order valence-electron chi connectivity index (χ0n) is 12.5. The molecule has 3 nitrogen and oxygen atoms in total. The molecule has 0 bridgehead atoms. The highest BCUT2D eigenvalue weighted by molar-refractivity contribution is 7.85. The largest absolute Gasteiger partial charge is 0.254 e. The summed E-state index contributed by atoms with van der Waals surface area (Å²) in [5, 5.41) is 1.07. The Bertz CT molecular complexity index is 958. The van der Waals surface area contributed by atoms with Gasteiger partial charge in [0.2, 0.25) is 0 Å². The Morgan fingerprint density at radius 1 is 0.958 bits per heavy atom. The van der Waals surface area contributed by atoms with Gasteiger partial charge in [0.1, 0.15) is 5.15 Å². The van der Waals surface area contributed by atoms with Crippen molar-refractivity contribution in [3.63, 3.8) is 0 Å². The van der Waals surface area contributed by atoms with Gasteiger partial charge in [0.15, 0.2) is 5.82 Å². The molecule has 120 valence electrons. The predicted molar refractivity (Wildman–Crippen MR) is 97.9 cm³/mol. The zero-order chi connectivity index (χ0) is 16.7. The minimum atomic E-state index is -1.07. The maximum atomic E-state index is 12.5. The van der Waals surface area contributed by atoms with Crippen molar-refractivity contribution in [2.75, 3.05) is 5.75 Å². The lowest BCUT2D eigenvalue weighted by molar-refractivity contribution is 0.683. The van der Waals surface area contributed by atoms with Crippen LogP contribution >= 0.6 is 23.2 Å². The molecule has 0 fully saturated rings. The molecule has 1 atom stereocenters. The number of aromatic nitrogens is 2. The average molecular weight is 375 g/mol. The maximum absolute atomic E-state index is 12.5. The van der Waals surface area contributed by atoms with E-state index < -0.39 is 10.8 Å². The summed E-state index contributed by atoms with van der Waals surface area (Å²) in [6, 6.07) is 15.0. The predicted octanol–water partition coefficient (Wildman–Crippen LogP) is 4.78. The first-order valence-corrected chi connectivity index (χ1v) is 9.51. The third-order valence-corrected chi connectivity index (χ3v) is 5.97. The van der Waals surface area contributed by atoms with E-state index >= 15 is 0 Å². The summed E-state index contributed by atoms with van der Waals surface area (Å²) in [5.74, 6) is 1.06. The summed E-state index contributed by atoms with van der Waals surface area (Å²) in [6.45, 7) is 0. The van der Waals surface area contributed by atoms with Gasteiger partial charge in [-0.25, -0.2) is 9.97 Å². The lowest BCUT2D eigenvalue weighted by atomic mass is 10.0. The third kappa shape index (κ3) is 2.75. The second-order valence-corrected chi connectivity index (χ2v) is 7.80. The fourth-order valence-corrected chi connectivity index (χ4v) is 4.43. The van der Waals surface area contributed by atoms with Gasteiger partial charge in [-0.05, 0) is 36.8 Å². The van der Waals surface area contributed by atoms with Crippen LogP contribution < -0.4 is 0 Å². The molecule has 0 N–H and O–H groups in total. The molecular weight excluding hydrogens is 363 g/mol. The number of halogens is 2. The molecule has 0 saturated carbocycles. The fraction of sp³-hybridized carbons (Fsp3) is 0.111. The molecular formula is C18H12Cl2N2OS. The van der Waals surface area contributed by atoms with E-state index in [-0.39, 0.29) is 0 Å². The molecule has 1 aliphatic rings. The highest BCUT2D eigenvalue weighted by Gasteiger charge is 2.23. The van der Waals surface area contributed by atoms with E-state index in [0.29, 0.717) is 28.2 Å². The van der Waals surface area contributed by atoms with Crippen LogP contribution in [0.3, 0.4) is 0 Å². The van der Waals surface area contributed by atoms with Crippen molar-refractivity contribution >= 4 is 34.0 Å². The molecule has 24 heavy (non-hydrogen) atoms. The van der Waals surface area contributed by atoms with Crippen molar-refractivity contribution in [2.45, 2.75) is 11.3 Å². The normalized spacial score (nSPS) is 16.2. The summed E-state index contributed by atoms with van der Waals surface area (Å²) in [5.41, 5.74) is 3.32. The first-order valence-electron chi connectivity index (χ1n) is 7.43. The second-order valence-electron chi connectivity index (χ2n) is 5.47. The van der Waals surface area contributed by atoms with Crippen LogP contribution in [0.2, 0.25) is 10.2 Å². The highest BCUT2D eigenvalue weighted by atomic mass is 35.5. The van der Waals surface area contributed by atoms with Crippen LogP contribution in [-0.2, 0) is 17.2 Å². The van der Waals surface area contributed by atoms with E-state index in [9.17, 15) is 4.21 Å². The quantitative estimate of drug-likeness (QED) is 0.575. The molecule has 3 aromatic rings. The SMILES string of the molecule is O=S1CCc2c(Cl)nc(-c3ccc(Cl)cc3)nc2-c2ccccc21. The standard InChI is InChI=1S/C18H12Cl2N2OS/c19-12-7-5-11(6-8-12)18-21-16-13-3-1-2-4-15(13)24(23)10-9-14(16)17(20)22-18/h1-8H,9-10H2. The molecule has 0 amide bonds. The van der Waals surface area contributed by atoms with Gasteiger partial charge in [0.25, 0.3) is 0 Å². The second kappa shape index (κ2) is 6.28. The van der Waals surface area contributed by atoms with Crippen LogP contribution in [0.25, 0.3) is 22.6 Å². The lowest BCUT2D eigenvalue weighted by Gasteiger charge is -2.11. The van der Waals surface area contributed by atoms with Crippen LogP contribution in [0, 0.1) is 0 Å². The maximum Gasteiger partial charge on any atom is 0.161 e. The van der Waals surface area contributed by atoms with E-state index in [2.05, 4.69) is 4.98 Å². The minimum absolute atomic E-state index is 0.415. The number of hydrogen-bond donors (Lipinski definition) is 0. The lowest BCUT2D eigenvalue weighted by Crippen LogP contribution is -2.01. The number of benzene rings is 2. The molecule has 0 saturated heterocycles. The smallest absolute Gasteiger partial charge is 0.161 e. The van der Waals surface area contributed by atoms with Crippen LogP contribution in [0.4, 0.5) is 0 Å². The van der Waals surface area contributed by atoms with Gasteiger partial charge >= 0.3 is 0 Å². The van der Waals surface area contributed by atoms with E-state index in [1.165, 1.54) is 0 Å².